The molecular formula is C15H23BrO2S. The minimum absolute atomic E-state index is 0.256. The van der Waals surface area contributed by atoms with Crippen molar-refractivity contribution in [2.24, 2.45) is 5.92 Å². The van der Waals surface area contributed by atoms with Crippen LogP contribution in [0.3, 0.4) is 0 Å². The lowest BCUT2D eigenvalue weighted by Crippen LogP contribution is -2.03. The lowest BCUT2D eigenvalue weighted by molar-refractivity contribution is 0.282. The van der Waals surface area contributed by atoms with E-state index in [1.165, 1.54) is 11.8 Å². The second kappa shape index (κ2) is 9.32. The summed E-state index contributed by atoms with van der Waals surface area (Å²) >= 11 is 4.88. The van der Waals surface area contributed by atoms with Gasteiger partial charge in [0.2, 0.25) is 0 Å². The Morgan fingerprint density at radius 1 is 1.47 bits per heavy atom. The molecule has 0 saturated heterocycles. The maximum absolute atomic E-state index is 9.24. The first-order chi connectivity index (χ1) is 8.81. The van der Waals surface area contributed by atoms with E-state index in [-0.39, 0.29) is 5.76 Å². The molecule has 0 aromatic carbocycles. The Morgan fingerprint density at radius 3 is 2.47 bits per heavy atom. The van der Waals surface area contributed by atoms with E-state index in [1.54, 1.807) is 13.0 Å². The summed E-state index contributed by atoms with van der Waals surface area (Å²) in [5.41, 5.74) is 0. The van der Waals surface area contributed by atoms with Crippen molar-refractivity contribution >= 4 is 27.7 Å². The topological polar surface area (TPSA) is 29.5 Å². The monoisotopic (exact) mass is 346 g/mol. The highest BCUT2D eigenvalue weighted by molar-refractivity contribution is 9.11. The fourth-order valence-electron chi connectivity index (χ4n) is 1.38. The van der Waals surface area contributed by atoms with Crippen molar-refractivity contribution in [3.63, 3.8) is 0 Å². The zero-order chi connectivity index (χ0) is 15.0. The lowest BCUT2D eigenvalue weighted by Gasteiger charge is -2.18. The number of aliphatic hydroxyl groups excluding tert-OH is 1. The molecule has 0 saturated carbocycles. The van der Waals surface area contributed by atoms with Gasteiger partial charge in [-0.2, -0.15) is 0 Å². The average Bonchev–Trinajstić information content (AvgIpc) is 2.33. The van der Waals surface area contributed by atoms with Crippen LogP contribution < -0.4 is 0 Å². The summed E-state index contributed by atoms with van der Waals surface area (Å²) in [5, 5.41) is 9.24. The Balaban J connectivity index is 5.13. The smallest absolute Gasteiger partial charge is 0.165 e. The molecule has 0 aliphatic heterocycles. The van der Waals surface area contributed by atoms with Crippen LogP contribution in [0, 0.1) is 5.92 Å². The Labute approximate surface area is 129 Å². The van der Waals surface area contributed by atoms with E-state index in [0.29, 0.717) is 10.6 Å². The molecule has 108 valence electrons. The number of thioether (sulfide) groups is 1. The molecule has 0 unspecified atom stereocenters. The summed E-state index contributed by atoms with van der Waals surface area (Å²) in [5.74, 6) is 1.51. The number of allylic oxidation sites excluding steroid dienone is 5. The number of aliphatic hydroxyl groups is 1. The molecule has 0 aliphatic carbocycles. The van der Waals surface area contributed by atoms with Crippen LogP contribution in [0.5, 0.6) is 0 Å². The molecule has 0 rings (SSSR count). The minimum atomic E-state index is 0.256. The van der Waals surface area contributed by atoms with Gasteiger partial charge in [0, 0.05) is 15.7 Å². The largest absolute Gasteiger partial charge is 0.513 e. The predicted octanol–water partition coefficient (Wildman–Crippen LogP) is 6.25. The second-order valence-corrected chi connectivity index (χ2v) is 6.40. The van der Waals surface area contributed by atoms with Crippen molar-refractivity contribution in [1.29, 1.82) is 0 Å². The fourth-order valence-corrected chi connectivity index (χ4v) is 2.52. The van der Waals surface area contributed by atoms with E-state index in [2.05, 4.69) is 36.4 Å². The van der Waals surface area contributed by atoms with Gasteiger partial charge in [-0.25, -0.2) is 0 Å². The standard InChI is InChI=1S/C15H23BrO2S/c1-7-10(3)15(18-14(16)8-2)13(6)19-12(5)9-11(4)17/h8-10,17H,5,7H2,1-4,6H3/b11-9+,14-8-,15-13+/t10-/m0/s1. The number of rotatable bonds is 7. The Bertz CT molecular complexity index is 404. The van der Waals surface area contributed by atoms with Crippen LogP contribution in [0.4, 0.5) is 0 Å². The molecular weight excluding hydrogens is 324 g/mol. The fraction of sp³-hybridized carbons (Fsp3) is 0.467. The zero-order valence-electron chi connectivity index (χ0n) is 12.3. The lowest BCUT2D eigenvalue weighted by atomic mass is 10.1. The molecule has 4 heteroatoms. The second-order valence-electron chi connectivity index (χ2n) is 4.28. The third kappa shape index (κ3) is 7.53. The van der Waals surface area contributed by atoms with Gasteiger partial charge in [-0.3, -0.25) is 0 Å². The van der Waals surface area contributed by atoms with Gasteiger partial charge in [0.05, 0.1) is 5.76 Å². The summed E-state index contributed by atoms with van der Waals surface area (Å²) in [6, 6.07) is 0. The molecule has 0 bridgehead atoms. The molecule has 0 heterocycles. The summed E-state index contributed by atoms with van der Waals surface area (Å²) in [6.07, 6.45) is 4.51. The van der Waals surface area contributed by atoms with Gasteiger partial charge < -0.3 is 9.84 Å². The number of hydrogen-bond donors (Lipinski definition) is 1. The predicted molar refractivity (Wildman–Crippen MR) is 89.0 cm³/mol. The first-order valence-electron chi connectivity index (χ1n) is 6.26. The van der Waals surface area contributed by atoms with Crippen LogP contribution in [0.2, 0.25) is 0 Å². The van der Waals surface area contributed by atoms with E-state index < -0.39 is 0 Å². The van der Waals surface area contributed by atoms with Crippen LogP contribution in [-0.2, 0) is 4.74 Å². The number of hydrogen-bond acceptors (Lipinski definition) is 3. The van der Waals surface area contributed by atoms with Crippen molar-refractivity contribution in [2.45, 2.75) is 41.0 Å². The molecule has 0 aromatic rings. The molecule has 0 spiro atoms. The first-order valence-corrected chi connectivity index (χ1v) is 7.87. The SMILES string of the molecule is C=C(/C=C(\C)O)S/C(C)=C(/O/C(Br)=C\C)[C@@H](C)CC. The molecule has 2 nitrogen and oxygen atoms in total. The Hall–Kier alpha value is -0.610. The number of ether oxygens (including phenoxy) is 1. The van der Waals surface area contributed by atoms with E-state index in [4.69, 9.17) is 4.74 Å². The molecule has 19 heavy (non-hydrogen) atoms. The Morgan fingerprint density at radius 2 is 2.05 bits per heavy atom. The quantitative estimate of drug-likeness (QED) is 0.436. The van der Waals surface area contributed by atoms with Gasteiger partial charge in [0.1, 0.15) is 5.76 Å². The molecule has 1 N–H and O–H groups in total. The van der Waals surface area contributed by atoms with E-state index in [0.717, 1.165) is 22.0 Å². The molecule has 0 aromatic heterocycles. The molecule has 0 amide bonds. The van der Waals surface area contributed by atoms with Crippen LogP contribution >= 0.6 is 27.7 Å². The normalized spacial score (nSPS) is 15.9. The third-order valence-electron chi connectivity index (χ3n) is 2.50. The Kier molecular flexibility index (Phi) is 9.02. The highest BCUT2D eigenvalue weighted by Crippen LogP contribution is 2.34. The van der Waals surface area contributed by atoms with E-state index in [1.807, 2.05) is 19.9 Å². The highest BCUT2D eigenvalue weighted by atomic mass is 79.9. The number of halogens is 1. The summed E-state index contributed by atoms with van der Waals surface area (Å²) in [4.78, 5) is 1.84. The zero-order valence-corrected chi connectivity index (χ0v) is 14.7. The summed E-state index contributed by atoms with van der Waals surface area (Å²) in [7, 11) is 0. The summed E-state index contributed by atoms with van der Waals surface area (Å²) < 4.78 is 6.54. The van der Waals surface area contributed by atoms with Crippen LogP contribution in [0.1, 0.15) is 41.0 Å². The molecule has 0 radical (unpaired) electrons. The van der Waals surface area contributed by atoms with Crippen LogP contribution in [-0.4, -0.2) is 5.11 Å². The van der Waals surface area contributed by atoms with Crippen molar-refractivity contribution in [2.75, 3.05) is 0 Å². The highest BCUT2D eigenvalue weighted by Gasteiger charge is 2.14. The van der Waals surface area contributed by atoms with Gasteiger partial charge in [-0.1, -0.05) is 32.2 Å². The molecule has 0 aliphatic rings. The third-order valence-corrected chi connectivity index (χ3v) is 4.00. The summed E-state index contributed by atoms with van der Waals surface area (Å²) in [6.45, 7) is 13.7. The van der Waals surface area contributed by atoms with Gasteiger partial charge >= 0.3 is 0 Å². The van der Waals surface area contributed by atoms with E-state index in [9.17, 15) is 5.11 Å². The minimum Gasteiger partial charge on any atom is -0.513 e. The van der Waals surface area contributed by atoms with Gasteiger partial charge in [0.25, 0.3) is 0 Å². The van der Waals surface area contributed by atoms with Gasteiger partial charge in [0.15, 0.2) is 4.67 Å². The molecule has 1 atom stereocenters. The van der Waals surface area contributed by atoms with Crippen molar-refractivity contribution in [3.8, 4) is 0 Å². The van der Waals surface area contributed by atoms with Crippen LogP contribution in [0.25, 0.3) is 0 Å². The maximum Gasteiger partial charge on any atom is 0.165 e. The van der Waals surface area contributed by atoms with Crippen molar-refractivity contribution in [1.82, 2.24) is 0 Å². The van der Waals surface area contributed by atoms with Crippen molar-refractivity contribution < 1.29 is 9.84 Å². The van der Waals surface area contributed by atoms with Crippen molar-refractivity contribution in [3.05, 3.63) is 44.7 Å². The average molecular weight is 347 g/mol. The van der Waals surface area contributed by atoms with E-state index >= 15 is 0 Å². The molecule has 0 fully saturated rings. The van der Waals surface area contributed by atoms with Gasteiger partial charge in [-0.15, -0.1) is 0 Å². The maximum atomic E-state index is 9.24. The van der Waals surface area contributed by atoms with Crippen LogP contribution in [0.15, 0.2) is 44.7 Å². The van der Waals surface area contributed by atoms with Gasteiger partial charge in [-0.05, 0) is 55.3 Å². The first kappa shape index (κ1) is 18.4.